The van der Waals surface area contributed by atoms with Gasteiger partial charge in [-0.1, -0.05) is 0 Å². The zero-order valence-electron chi connectivity index (χ0n) is 17.5. The zero-order valence-corrected chi connectivity index (χ0v) is 18.3. The lowest BCUT2D eigenvalue weighted by Gasteiger charge is -2.10. The van der Waals surface area contributed by atoms with Gasteiger partial charge in [0.2, 0.25) is 5.88 Å². The highest BCUT2D eigenvalue weighted by Crippen LogP contribution is 2.24. The Morgan fingerprint density at radius 1 is 0.906 bits per heavy atom. The number of rotatable bonds is 8. The molecule has 0 saturated heterocycles. The number of sulfonamides is 1. The number of nitrogens with one attached hydrogen (secondary N) is 1. The molecule has 0 aliphatic rings. The van der Waals surface area contributed by atoms with E-state index in [1.165, 1.54) is 12.1 Å². The van der Waals surface area contributed by atoms with Crippen molar-refractivity contribution >= 4 is 15.7 Å². The summed E-state index contributed by atoms with van der Waals surface area (Å²) in [6.45, 7) is 4.27. The lowest BCUT2D eigenvalue weighted by atomic mass is 10.3. The first-order chi connectivity index (χ1) is 15.4. The van der Waals surface area contributed by atoms with Crippen molar-refractivity contribution in [3.63, 3.8) is 0 Å². The molecule has 32 heavy (non-hydrogen) atoms. The first-order valence-corrected chi connectivity index (χ1v) is 11.3. The maximum Gasteiger partial charge on any atom is 0.261 e. The van der Waals surface area contributed by atoms with Crippen LogP contribution >= 0.6 is 0 Å². The minimum absolute atomic E-state index is 0.143. The summed E-state index contributed by atoms with van der Waals surface area (Å²) in [5.74, 6) is 1.99. The van der Waals surface area contributed by atoms with Gasteiger partial charge < -0.3 is 9.47 Å². The molecule has 0 saturated carbocycles. The summed E-state index contributed by atoms with van der Waals surface area (Å²) >= 11 is 0. The van der Waals surface area contributed by atoms with E-state index in [-0.39, 0.29) is 4.90 Å². The van der Waals surface area contributed by atoms with E-state index in [2.05, 4.69) is 20.0 Å². The van der Waals surface area contributed by atoms with Crippen LogP contribution in [0.4, 0.5) is 5.69 Å². The highest BCUT2D eigenvalue weighted by molar-refractivity contribution is 7.92. The largest absolute Gasteiger partial charge is 0.494 e. The van der Waals surface area contributed by atoms with Gasteiger partial charge in [-0.2, -0.15) is 5.10 Å². The number of anilines is 1. The summed E-state index contributed by atoms with van der Waals surface area (Å²) in [4.78, 5) is 0.143. The molecule has 0 atom stereocenters. The summed E-state index contributed by atoms with van der Waals surface area (Å²) in [5, 5.41) is 12.4. The van der Waals surface area contributed by atoms with Crippen LogP contribution in [0.15, 0.2) is 77.8 Å². The van der Waals surface area contributed by atoms with Crippen molar-refractivity contribution in [3.05, 3.63) is 78.6 Å². The fraction of sp³-hybridized carbons (Fsp3) is 0.136. The van der Waals surface area contributed by atoms with Crippen molar-refractivity contribution in [2.24, 2.45) is 0 Å². The van der Waals surface area contributed by atoms with E-state index in [0.717, 1.165) is 5.69 Å². The van der Waals surface area contributed by atoms with E-state index in [1.54, 1.807) is 59.4 Å². The number of ether oxygens (including phenoxy) is 2. The Morgan fingerprint density at radius 3 is 2.22 bits per heavy atom. The van der Waals surface area contributed by atoms with E-state index in [1.807, 2.05) is 19.9 Å². The Bertz CT molecular complexity index is 1290. The third-order valence-electron chi connectivity index (χ3n) is 4.36. The number of nitrogens with zero attached hydrogens (tertiary/aromatic N) is 4. The fourth-order valence-electron chi connectivity index (χ4n) is 2.84. The number of hydrogen-bond donors (Lipinski definition) is 1. The van der Waals surface area contributed by atoms with E-state index >= 15 is 0 Å². The van der Waals surface area contributed by atoms with Crippen LogP contribution in [0.25, 0.3) is 5.82 Å². The normalized spacial score (nSPS) is 11.2. The van der Waals surface area contributed by atoms with Gasteiger partial charge in [0.15, 0.2) is 5.82 Å². The molecule has 4 rings (SSSR count). The van der Waals surface area contributed by atoms with Crippen LogP contribution < -0.4 is 14.2 Å². The maximum atomic E-state index is 12.6. The molecule has 0 radical (unpaired) electrons. The number of aromatic nitrogens is 4. The molecule has 0 unspecified atom stereocenters. The fourth-order valence-corrected chi connectivity index (χ4v) is 3.90. The van der Waals surface area contributed by atoms with Crippen LogP contribution in [0.1, 0.15) is 12.6 Å². The van der Waals surface area contributed by atoms with Crippen molar-refractivity contribution in [1.29, 1.82) is 0 Å². The van der Waals surface area contributed by atoms with E-state index in [9.17, 15) is 8.42 Å². The van der Waals surface area contributed by atoms with Gasteiger partial charge in [-0.25, -0.2) is 13.1 Å². The second kappa shape index (κ2) is 9.06. The maximum absolute atomic E-state index is 12.6. The van der Waals surface area contributed by atoms with Gasteiger partial charge in [-0.3, -0.25) is 4.72 Å². The predicted octanol–water partition coefficient (Wildman–Crippen LogP) is 3.96. The molecule has 0 fully saturated rings. The Morgan fingerprint density at radius 2 is 1.62 bits per heavy atom. The van der Waals surface area contributed by atoms with Gasteiger partial charge in [0.05, 0.1) is 17.2 Å². The van der Waals surface area contributed by atoms with Crippen LogP contribution in [0.5, 0.6) is 17.4 Å². The first-order valence-electron chi connectivity index (χ1n) is 9.83. The van der Waals surface area contributed by atoms with Gasteiger partial charge in [0.25, 0.3) is 10.0 Å². The van der Waals surface area contributed by atoms with Crippen molar-refractivity contribution in [3.8, 4) is 23.2 Å². The quantitative estimate of drug-likeness (QED) is 0.432. The third-order valence-corrected chi connectivity index (χ3v) is 5.75. The molecule has 4 aromatic rings. The standard InChI is InChI=1S/C22H21N5O4S/c1-3-30-18-8-10-20(11-9-18)32(28,29)26-17-4-6-19(7-5-17)31-22-13-12-21(23-24-22)27-15-14-16(2)25-27/h4-15,26H,3H2,1-2H3. The molecule has 10 heteroatoms. The van der Waals surface area contributed by atoms with Crippen molar-refractivity contribution in [1.82, 2.24) is 20.0 Å². The highest BCUT2D eigenvalue weighted by Gasteiger charge is 2.14. The van der Waals surface area contributed by atoms with Gasteiger partial charge in [-0.15, -0.1) is 10.2 Å². The van der Waals surface area contributed by atoms with Crippen molar-refractivity contribution in [2.75, 3.05) is 11.3 Å². The molecule has 164 valence electrons. The number of hydrogen-bond acceptors (Lipinski definition) is 7. The minimum Gasteiger partial charge on any atom is -0.494 e. The molecule has 2 aromatic carbocycles. The van der Waals surface area contributed by atoms with Gasteiger partial charge in [0.1, 0.15) is 11.5 Å². The lowest BCUT2D eigenvalue weighted by Crippen LogP contribution is -2.12. The second-order valence-corrected chi connectivity index (χ2v) is 8.45. The molecular formula is C22H21N5O4S. The van der Waals surface area contributed by atoms with Gasteiger partial charge in [0, 0.05) is 18.0 Å². The van der Waals surface area contributed by atoms with Gasteiger partial charge >= 0.3 is 0 Å². The van der Waals surface area contributed by atoms with Crippen LogP contribution in [-0.2, 0) is 10.0 Å². The molecule has 0 spiro atoms. The Labute approximate surface area is 185 Å². The average Bonchev–Trinajstić information content (AvgIpc) is 3.22. The third kappa shape index (κ3) is 5.03. The lowest BCUT2D eigenvalue weighted by molar-refractivity contribution is 0.340. The van der Waals surface area contributed by atoms with E-state index in [4.69, 9.17) is 9.47 Å². The van der Waals surface area contributed by atoms with E-state index in [0.29, 0.717) is 35.5 Å². The second-order valence-electron chi connectivity index (χ2n) is 6.77. The van der Waals surface area contributed by atoms with Gasteiger partial charge in [-0.05, 0) is 74.5 Å². The highest BCUT2D eigenvalue weighted by atomic mass is 32.2. The van der Waals surface area contributed by atoms with Crippen molar-refractivity contribution in [2.45, 2.75) is 18.7 Å². The molecule has 2 aromatic heterocycles. The summed E-state index contributed by atoms with van der Waals surface area (Å²) in [7, 11) is -3.72. The summed E-state index contributed by atoms with van der Waals surface area (Å²) in [6, 6.07) is 18.0. The molecular weight excluding hydrogens is 430 g/mol. The summed E-state index contributed by atoms with van der Waals surface area (Å²) in [5.41, 5.74) is 1.28. The van der Waals surface area contributed by atoms with Crippen LogP contribution in [0, 0.1) is 6.92 Å². The summed E-state index contributed by atoms with van der Waals surface area (Å²) < 4.78 is 40.4. The molecule has 9 nitrogen and oxygen atoms in total. The van der Waals surface area contributed by atoms with Crippen LogP contribution in [-0.4, -0.2) is 35.0 Å². The SMILES string of the molecule is CCOc1ccc(S(=O)(=O)Nc2ccc(Oc3ccc(-n4ccc(C)n4)nn3)cc2)cc1. The molecule has 0 aliphatic carbocycles. The number of aryl methyl sites for hydroxylation is 1. The molecule has 1 N–H and O–H groups in total. The minimum atomic E-state index is -3.72. The first kappa shape index (κ1) is 21.3. The summed E-state index contributed by atoms with van der Waals surface area (Å²) in [6.07, 6.45) is 1.80. The Balaban J connectivity index is 1.40. The molecule has 0 bridgehead atoms. The van der Waals surface area contributed by atoms with E-state index < -0.39 is 10.0 Å². The monoisotopic (exact) mass is 451 g/mol. The Kier molecular flexibility index (Phi) is 6.04. The smallest absolute Gasteiger partial charge is 0.261 e. The van der Waals surface area contributed by atoms with Crippen LogP contribution in [0.2, 0.25) is 0 Å². The van der Waals surface area contributed by atoms with Crippen LogP contribution in [0.3, 0.4) is 0 Å². The molecule has 0 amide bonds. The Hall–Kier alpha value is -3.92. The topological polar surface area (TPSA) is 108 Å². The molecule has 2 heterocycles. The molecule has 0 aliphatic heterocycles. The van der Waals surface area contributed by atoms with Crippen molar-refractivity contribution < 1.29 is 17.9 Å². The predicted molar refractivity (Wildman–Crippen MR) is 119 cm³/mol. The number of benzene rings is 2. The average molecular weight is 452 g/mol. The zero-order chi connectivity index (χ0) is 22.6.